The summed E-state index contributed by atoms with van der Waals surface area (Å²) in [5.41, 5.74) is 12.8. The summed E-state index contributed by atoms with van der Waals surface area (Å²) in [6.45, 7) is 0.163. The van der Waals surface area contributed by atoms with E-state index in [0.717, 1.165) is 10.6 Å². The Hall–Kier alpha value is -2.90. The molecule has 0 aliphatic carbocycles. The van der Waals surface area contributed by atoms with Crippen molar-refractivity contribution in [1.82, 2.24) is 4.98 Å². The topological polar surface area (TPSA) is 108 Å². The van der Waals surface area contributed by atoms with Crippen LogP contribution in [0.2, 0.25) is 5.02 Å². The van der Waals surface area contributed by atoms with E-state index in [9.17, 15) is 9.59 Å². The first kappa shape index (κ1) is 17.9. The maximum Gasteiger partial charge on any atom is 0.252 e. The first-order chi connectivity index (χ1) is 12.4. The Morgan fingerprint density at radius 2 is 1.81 bits per heavy atom. The number of carbonyl (C=O) groups excluding carboxylic acids is 2. The van der Waals surface area contributed by atoms with Gasteiger partial charge in [0, 0.05) is 21.5 Å². The zero-order valence-electron chi connectivity index (χ0n) is 13.4. The third-order valence-electron chi connectivity index (χ3n) is 3.55. The quantitative estimate of drug-likeness (QED) is 0.676. The van der Waals surface area contributed by atoms with Crippen LogP contribution < -0.4 is 16.2 Å². The summed E-state index contributed by atoms with van der Waals surface area (Å²) in [5, 5.41) is 3.07. The SMILES string of the molecule is NC(=O)c1ccc(-c2nc(COc3cc(Cl)ccc3C(N)=O)cs2)cc1. The molecule has 0 saturated heterocycles. The summed E-state index contributed by atoms with van der Waals surface area (Å²) in [7, 11) is 0. The van der Waals surface area contributed by atoms with Crippen LogP contribution in [0.15, 0.2) is 47.8 Å². The molecule has 132 valence electrons. The zero-order valence-corrected chi connectivity index (χ0v) is 15.0. The molecule has 0 radical (unpaired) electrons. The number of halogens is 1. The van der Waals surface area contributed by atoms with Gasteiger partial charge in [-0.25, -0.2) is 4.98 Å². The van der Waals surface area contributed by atoms with E-state index < -0.39 is 11.8 Å². The van der Waals surface area contributed by atoms with Crippen LogP contribution in [-0.4, -0.2) is 16.8 Å². The smallest absolute Gasteiger partial charge is 0.252 e. The molecule has 1 aromatic heterocycles. The molecule has 3 aromatic rings. The van der Waals surface area contributed by atoms with Gasteiger partial charge < -0.3 is 16.2 Å². The Labute approximate surface area is 158 Å². The molecular weight excluding hydrogens is 374 g/mol. The lowest BCUT2D eigenvalue weighted by Crippen LogP contribution is -2.13. The van der Waals surface area contributed by atoms with E-state index in [-0.39, 0.29) is 12.2 Å². The normalized spacial score (nSPS) is 10.5. The van der Waals surface area contributed by atoms with Gasteiger partial charge in [0.25, 0.3) is 5.91 Å². The average Bonchev–Trinajstić information content (AvgIpc) is 3.09. The Morgan fingerprint density at radius 3 is 2.46 bits per heavy atom. The van der Waals surface area contributed by atoms with Gasteiger partial charge in [-0.05, 0) is 30.3 Å². The highest BCUT2D eigenvalue weighted by atomic mass is 35.5. The molecule has 1 heterocycles. The van der Waals surface area contributed by atoms with Gasteiger partial charge in [-0.2, -0.15) is 0 Å². The number of nitrogens with zero attached hydrogens (tertiary/aromatic N) is 1. The number of hydrogen-bond acceptors (Lipinski definition) is 5. The van der Waals surface area contributed by atoms with Crippen molar-refractivity contribution in [3.8, 4) is 16.3 Å². The maximum atomic E-state index is 11.5. The molecule has 0 saturated carbocycles. The minimum Gasteiger partial charge on any atom is -0.486 e. The van der Waals surface area contributed by atoms with E-state index >= 15 is 0 Å². The van der Waals surface area contributed by atoms with Crippen LogP contribution in [0.5, 0.6) is 5.75 Å². The van der Waals surface area contributed by atoms with Crippen LogP contribution in [0.3, 0.4) is 0 Å². The molecule has 0 atom stereocenters. The Balaban J connectivity index is 1.74. The number of ether oxygens (including phenoxy) is 1. The third kappa shape index (κ3) is 4.01. The van der Waals surface area contributed by atoms with Gasteiger partial charge in [0.2, 0.25) is 5.91 Å². The monoisotopic (exact) mass is 387 g/mol. The number of benzene rings is 2. The van der Waals surface area contributed by atoms with Crippen molar-refractivity contribution in [3.63, 3.8) is 0 Å². The van der Waals surface area contributed by atoms with Crippen molar-refractivity contribution in [3.05, 3.63) is 69.7 Å². The first-order valence-corrected chi connectivity index (χ1v) is 8.76. The number of rotatable bonds is 6. The Morgan fingerprint density at radius 1 is 1.08 bits per heavy atom. The van der Waals surface area contributed by atoms with E-state index in [2.05, 4.69) is 4.98 Å². The number of thiazole rings is 1. The molecule has 0 spiro atoms. The predicted molar refractivity (Wildman–Crippen MR) is 100 cm³/mol. The van der Waals surface area contributed by atoms with Crippen LogP contribution >= 0.6 is 22.9 Å². The van der Waals surface area contributed by atoms with E-state index in [0.29, 0.717) is 22.0 Å². The molecule has 0 unspecified atom stereocenters. The van der Waals surface area contributed by atoms with Gasteiger partial charge in [0.15, 0.2) is 0 Å². The van der Waals surface area contributed by atoms with E-state index in [4.69, 9.17) is 27.8 Å². The fourth-order valence-corrected chi connectivity index (χ4v) is 3.23. The van der Waals surface area contributed by atoms with Crippen LogP contribution in [0, 0.1) is 0 Å². The van der Waals surface area contributed by atoms with Gasteiger partial charge >= 0.3 is 0 Å². The number of carbonyl (C=O) groups is 2. The van der Waals surface area contributed by atoms with Gasteiger partial charge in [0.1, 0.15) is 17.4 Å². The van der Waals surface area contributed by atoms with Crippen molar-refractivity contribution < 1.29 is 14.3 Å². The third-order valence-corrected chi connectivity index (χ3v) is 4.73. The van der Waals surface area contributed by atoms with Crippen LogP contribution in [0.1, 0.15) is 26.4 Å². The lowest BCUT2D eigenvalue weighted by Gasteiger charge is -2.08. The summed E-state index contributed by atoms with van der Waals surface area (Å²) < 4.78 is 5.66. The number of amides is 2. The lowest BCUT2D eigenvalue weighted by molar-refractivity contribution is 0.0989. The molecule has 2 aromatic carbocycles. The fraction of sp³-hybridized carbons (Fsp3) is 0.0556. The molecule has 0 fully saturated rings. The summed E-state index contributed by atoms with van der Waals surface area (Å²) in [6.07, 6.45) is 0. The average molecular weight is 388 g/mol. The summed E-state index contributed by atoms with van der Waals surface area (Å²) in [5.74, 6) is -0.757. The van der Waals surface area contributed by atoms with Crippen molar-refractivity contribution in [2.75, 3.05) is 0 Å². The lowest BCUT2D eigenvalue weighted by atomic mass is 10.1. The van der Waals surface area contributed by atoms with E-state index in [1.807, 2.05) is 5.38 Å². The highest BCUT2D eigenvalue weighted by molar-refractivity contribution is 7.13. The van der Waals surface area contributed by atoms with E-state index in [1.165, 1.54) is 23.5 Å². The van der Waals surface area contributed by atoms with Crippen LogP contribution in [-0.2, 0) is 6.61 Å². The second kappa shape index (κ2) is 7.55. The molecule has 0 aliphatic heterocycles. The van der Waals surface area contributed by atoms with Gasteiger partial charge in [-0.3, -0.25) is 9.59 Å². The predicted octanol–water partition coefficient (Wildman–Crippen LogP) is 3.24. The van der Waals surface area contributed by atoms with Gasteiger partial charge in [-0.15, -0.1) is 11.3 Å². The zero-order chi connectivity index (χ0) is 18.7. The number of primary amides is 2. The number of nitrogens with two attached hydrogens (primary N) is 2. The van der Waals surface area contributed by atoms with Gasteiger partial charge in [-0.1, -0.05) is 23.7 Å². The molecular formula is C18H14ClN3O3S. The Kier molecular flexibility index (Phi) is 5.20. The molecule has 0 aliphatic rings. The molecule has 26 heavy (non-hydrogen) atoms. The van der Waals surface area contributed by atoms with Crippen molar-refractivity contribution >= 4 is 34.8 Å². The van der Waals surface area contributed by atoms with Crippen molar-refractivity contribution in [2.45, 2.75) is 6.61 Å². The van der Waals surface area contributed by atoms with Crippen molar-refractivity contribution in [2.24, 2.45) is 11.5 Å². The summed E-state index contributed by atoms with van der Waals surface area (Å²) >= 11 is 7.38. The number of hydrogen-bond donors (Lipinski definition) is 2. The van der Waals surface area contributed by atoms with Crippen LogP contribution in [0.25, 0.3) is 10.6 Å². The minimum absolute atomic E-state index is 0.163. The molecule has 0 bridgehead atoms. The number of aromatic nitrogens is 1. The minimum atomic E-state index is -0.592. The molecule has 2 amide bonds. The summed E-state index contributed by atoms with van der Waals surface area (Å²) in [6, 6.07) is 11.5. The molecule has 3 rings (SSSR count). The molecule has 6 nitrogen and oxygen atoms in total. The Bertz CT molecular complexity index is 970. The van der Waals surface area contributed by atoms with E-state index in [1.54, 1.807) is 30.3 Å². The fourth-order valence-electron chi connectivity index (χ4n) is 2.25. The largest absolute Gasteiger partial charge is 0.486 e. The summed E-state index contributed by atoms with van der Waals surface area (Å²) in [4.78, 5) is 27.1. The highest BCUT2D eigenvalue weighted by Crippen LogP contribution is 2.27. The van der Waals surface area contributed by atoms with Crippen molar-refractivity contribution in [1.29, 1.82) is 0 Å². The van der Waals surface area contributed by atoms with Gasteiger partial charge in [0.05, 0.1) is 11.3 Å². The highest BCUT2D eigenvalue weighted by Gasteiger charge is 2.12. The first-order valence-electron chi connectivity index (χ1n) is 7.51. The second-order valence-electron chi connectivity index (χ2n) is 5.38. The second-order valence-corrected chi connectivity index (χ2v) is 6.67. The standard InChI is InChI=1S/C18H14ClN3O3S/c19-12-5-6-14(17(21)24)15(7-12)25-8-13-9-26-18(22-13)11-3-1-10(2-4-11)16(20)23/h1-7,9H,8H2,(H2,20,23)(H2,21,24). The maximum absolute atomic E-state index is 11.5. The van der Waals surface area contributed by atoms with Crippen LogP contribution in [0.4, 0.5) is 0 Å². The molecule has 4 N–H and O–H groups in total. The molecule has 8 heteroatoms.